The third kappa shape index (κ3) is 2.63. The third-order valence-corrected chi connectivity index (χ3v) is 2.71. The molecule has 0 fully saturated rings. The van der Waals surface area contributed by atoms with Crippen LogP contribution in [0.3, 0.4) is 0 Å². The van der Waals surface area contributed by atoms with Crippen LogP contribution in [0.15, 0.2) is 11.6 Å². The topological polar surface area (TPSA) is 17.1 Å². The van der Waals surface area contributed by atoms with Crippen molar-refractivity contribution in [2.24, 2.45) is 5.92 Å². The van der Waals surface area contributed by atoms with Crippen LogP contribution in [0.5, 0.6) is 0 Å². The lowest BCUT2D eigenvalue weighted by Crippen LogP contribution is -2.08. The van der Waals surface area contributed by atoms with Gasteiger partial charge in [0.05, 0.1) is 0 Å². The van der Waals surface area contributed by atoms with Crippen molar-refractivity contribution in [2.75, 3.05) is 0 Å². The lowest BCUT2D eigenvalue weighted by molar-refractivity contribution is -0.108. The van der Waals surface area contributed by atoms with E-state index in [1.165, 1.54) is 12.8 Å². The lowest BCUT2D eigenvalue weighted by Gasteiger charge is -2.19. The number of allylic oxidation sites excluding steroid dienone is 2. The number of hydrogen-bond acceptors (Lipinski definition) is 1. The highest BCUT2D eigenvalue weighted by Gasteiger charge is 2.16. The standard InChI is InChI=1S/C10H15ClO/c1-2-3-8-4-6-9(7-5-8)10(11)12/h6,8H,2-5,7H2,1H3. The summed E-state index contributed by atoms with van der Waals surface area (Å²) < 4.78 is 0. The van der Waals surface area contributed by atoms with Gasteiger partial charge in [-0.2, -0.15) is 0 Å². The minimum absolute atomic E-state index is 0.259. The fourth-order valence-corrected chi connectivity index (χ4v) is 1.91. The van der Waals surface area contributed by atoms with Gasteiger partial charge in [-0.05, 0) is 36.8 Å². The summed E-state index contributed by atoms with van der Waals surface area (Å²) in [7, 11) is 0. The Hall–Kier alpha value is -0.300. The van der Waals surface area contributed by atoms with E-state index in [1.807, 2.05) is 6.08 Å². The van der Waals surface area contributed by atoms with Gasteiger partial charge in [-0.3, -0.25) is 4.79 Å². The van der Waals surface area contributed by atoms with Gasteiger partial charge < -0.3 is 0 Å². The van der Waals surface area contributed by atoms with Crippen molar-refractivity contribution in [2.45, 2.75) is 39.0 Å². The van der Waals surface area contributed by atoms with Gasteiger partial charge >= 0.3 is 0 Å². The van der Waals surface area contributed by atoms with E-state index in [1.54, 1.807) is 0 Å². The van der Waals surface area contributed by atoms with Crippen LogP contribution in [0, 0.1) is 5.92 Å². The van der Waals surface area contributed by atoms with Crippen molar-refractivity contribution in [1.29, 1.82) is 0 Å². The molecule has 0 aromatic heterocycles. The molecule has 1 nitrogen and oxygen atoms in total. The summed E-state index contributed by atoms with van der Waals surface area (Å²) >= 11 is 5.37. The maximum absolute atomic E-state index is 10.8. The molecule has 1 unspecified atom stereocenters. The smallest absolute Gasteiger partial charge is 0.248 e. The van der Waals surface area contributed by atoms with Gasteiger partial charge in [0, 0.05) is 5.57 Å². The van der Waals surface area contributed by atoms with Crippen molar-refractivity contribution < 1.29 is 4.79 Å². The predicted octanol–water partition coefficient (Wildman–Crippen LogP) is 3.28. The van der Waals surface area contributed by atoms with Crippen molar-refractivity contribution >= 4 is 16.8 Å². The second kappa shape index (κ2) is 4.66. The molecule has 0 bridgehead atoms. The number of rotatable bonds is 3. The van der Waals surface area contributed by atoms with E-state index in [0.29, 0.717) is 0 Å². The molecule has 1 rings (SSSR count). The summed E-state index contributed by atoms with van der Waals surface area (Å²) in [5, 5.41) is -0.259. The molecule has 2 heteroatoms. The van der Waals surface area contributed by atoms with Crippen molar-refractivity contribution in [1.82, 2.24) is 0 Å². The van der Waals surface area contributed by atoms with Crippen LogP contribution in [0.4, 0.5) is 0 Å². The second-order valence-electron chi connectivity index (χ2n) is 3.43. The first kappa shape index (κ1) is 9.79. The molecule has 0 aromatic rings. The van der Waals surface area contributed by atoms with Gasteiger partial charge in [-0.1, -0.05) is 25.8 Å². The Morgan fingerprint density at radius 3 is 2.92 bits per heavy atom. The first-order valence-electron chi connectivity index (χ1n) is 4.63. The molecule has 0 aliphatic heterocycles. The first-order chi connectivity index (χ1) is 5.74. The lowest BCUT2D eigenvalue weighted by atomic mass is 9.87. The SMILES string of the molecule is CCCC1CC=C(C(=O)Cl)CC1. The van der Waals surface area contributed by atoms with Gasteiger partial charge in [0.15, 0.2) is 0 Å². The van der Waals surface area contributed by atoms with Crippen LogP contribution in [0.25, 0.3) is 0 Å². The van der Waals surface area contributed by atoms with Crippen molar-refractivity contribution in [3.05, 3.63) is 11.6 Å². The van der Waals surface area contributed by atoms with Crippen molar-refractivity contribution in [3.8, 4) is 0 Å². The Morgan fingerprint density at radius 2 is 2.50 bits per heavy atom. The minimum Gasteiger partial charge on any atom is -0.276 e. The third-order valence-electron chi connectivity index (χ3n) is 2.47. The van der Waals surface area contributed by atoms with Gasteiger partial charge in [-0.15, -0.1) is 0 Å². The van der Waals surface area contributed by atoms with Crippen LogP contribution in [-0.4, -0.2) is 5.24 Å². The van der Waals surface area contributed by atoms with Gasteiger partial charge in [0.25, 0.3) is 0 Å². The number of carbonyl (C=O) groups excluding carboxylic acids is 1. The highest BCUT2D eigenvalue weighted by atomic mass is 35.5. The molecule has 1 aliphatic rings. The van der Waals surface area contributed by atoms with E-state index in [2.05, 4.69) is 6.92 Å². The molecule has 0 aromatic carbocycles. The fraction of sp³-hybridized carbons (Fsp3) is 0.700. The molecular weight excluding hydrogens is 172 g/mol. The van der Waals surface area contributed by atoms with Crippen molar-refractivity contribution in [3.63, 3.8) is 0 Å². The summed E-state index contributed by atoms with van der Waals surface area (Å²) in [4.78, 5) is 10.8. The molecular formula is C10H15ClO. The molecule has 0 amide bonds. The fourth-order valence-electron chi connectivity index (χ4n) is 1.74. The summed E-state index contributed by atoms with van der Waals surface area (Å²) in [5.74, 6) is 0.787. The van der Waals surface area contributed by atoms with E-state index in [-0.39, 0.29) is 5.24 Å². The summed E-state index contributed by atoms with van der Waals surface area (Å²) in [6.45, 7) is 2.20. The highest BCUT2D eigenvalue weighted by Crippen LogP contribution is 2.27. The zero-order chi connectivity index (χ0) is 8.97. The monoisotopic (exact) mass is 186 g/mol. The molecule has 0 N–H and O–H groups in total. The molecule has 1 aliphatic carbocycles. The van der Waals surface area contributed by atoms with E-state index >= 15 is 0 Å². The molecule has 0 saturated carbocycles. The summed E-state index contributed by atoms with van der Waals surface area (Å²) in [5.41, 5.74) is 0.823. The van der Waals surface area contributed by atoms with Crippen LogP contribution in [-0.2, 0) is 4.79 Å². The maximum Gasteiger partial charge on any atom is 0.248 e. The highest BCUT2D eigenvalue weighted by molar-refractivity contribution is 6.67. The maximum atomic E-state index is 10.8. The Balaban J connectivity index is 2.42. The Bertz CT molecular complexity index is 196. The Labute approximate surface area is 78.8 Å². The van der Waals surface area contributed by atoms with Gasteiger partial charge in [-0.25, -0.2) is 0 Å². The minimum atomic E-state index is -0.259. The molecule has 12 heavy (non-hydrogen) atoms. The van der Waals surface area contributed by atoms with E-state index < -0.39 is 0 Å². The first-order valence-corrected chi connectivity index (χ1v) is 5.00. The van der Waals surface area contributed by atoms with E-state index in [0.717, 1.165) is 30.8 Å². The van der Waals surface area contributed by atoms with Gasteiger partial charge in [0.1, 0.15) is 0 Å². The average Bonchev–Trinajstić information content (AvgIpc) is 2.06. The van der Waals surface area contributed by atoms with E-state index in [4.69, 9.17) is 11.6 Å². The zero-order valence-electron chi connectivity index (χ0n) is 7.48. The Kier molecular flexibility index (Phi) is 3.80. The number of halogens is 1. The summed E-state index contributed by atoms with van der Waals surface area (Å²) in [6, 6.07) is 0. The van der Waals surface area contributed by atoms with Crippen LogP contribution >= 0.6 is 11.6 Å². The predicted molar refractivity (Wildman–Crippen MR) is 51.2 cm³/mol. The Morgan fingerprint density at radius 1 is 1.75 bits per heavy atom. The molecule has 1 atom stereocenters. The van der Waals surface area contributed by atoms with Crippen LogP contribution < -0.4 is 0 Å². The molecule has 68 valence electrons. The van der Waals surface area contributed by atoms with Crippen LogP contribution in [0.1, 0.15) is 39.0 Å². The second-order valence-corrected chi connectivity index (χ2v) is 3.78. The molecule has 0 radical (unpaired) electrons. The molecule has 0 heterocycles. The molecule has 0 spiro atoms. The number of hydrogen-bond donors (Lipinski definition) is 0. The quantitative estimate of drug-likeness (QED) is 0.619. The van der Waals surface area contributed by atoms with Gasteiger partial charge in [0.2, 0.25) is 5.24 Å². The van der Waals surface area contributed by atoms with E-state index in [9.17, 15) is 4.79 Å². The average molecular weight is 187 g/mol. The molecule has 0 saturated heterocycles. The van der Waals surface area contributed by atoms with Crippen LogP contribution in [0.2, 0.25) is 0 Å². The zero-order valence-corrected chi connectivity index (χ0v) is 8.23. The normalized spacial score (nSPS) is 23.5. The number of carbonyl (C=O) groups is 1. The summed E-state index contributed by atoms with van der Waals surface area (Å²) in [6.07, 6.45) is 7.59. The largest absolute Gasteiger partial charge is 0.276 e.